The number of fused-ring (bicyclic) bond motifs is 3. The average molecular weight is 662 g/mol. The monoisotopic (exact) mass is 661 g/mol. The largest absolute Gasteiger partial charge is 0.507 e. The standard InChI is InChI=1S/C32H39N3O10.ClH/c1-15-27(37)18(33)11-22(44-15)45-20-13-32(42,21(36)14-35-9-7-34(2)8-10-35)12-17-24(20)31(41)26-25(29(17)39)28(38)16-5-4-6-19(43-3)23(16)30(26)40;/h4-6,15,18,20,22,27,37,39,41-42H,7-14,33H2,1-3H3;1H/t15?,18?,20-,22?,27?,32-;/m0./s1. The third kappa shape index (κ3) is 5.69. The minimum absolute atomic E-state index is 0. The fourth-order valence-electron chi connectivity index (χ4n) is 6.96. The van der Waals surface area contributed by atoms with Gasteiger partial charge in [0.1, 0.15) is 22.8 Å². The lowest BCUT2D eigenvalue weighted by atomic mass is 9.71. The third-order valence-corrected chi connectivity index (χ3v) is 9.62. The van der Waals surface area contributed by atoms with Crippen molar-refractivity contribution >= 4 is 29.8 Å². The molecule has 46 heavy (non-hydrogen) atoms. The maximum absolute atomic E-state index is 13.9. The molecule has 4 unspecified atom stereocenters. The van der Waals surface area contributed by atoms with Gasteiger partial charge >= 0.3 is 0 Å². The zero-order valence-electron chi connectivity index (χ0n) is 25.9. The molecule has 2 aliphatic heterocycles. The number of aliphatic hydroxyl groups excluding tert-OH is 1. The number of hydrogen-bond acceptors (Lipinski definition) is 13. The zero-order valence-corrected chi connectivity index (χ0v) is 26.7. The summed E-state index contributed by atoms with van der Waals surface area (Å²) in [6, 6.07) is 3.78. The smallest absolute Gasteiger partial charge is 0.202 e. The molecule has 2 aliphatic carbocycles. The van der Waals surface area contributed by atoms with Crippen molar-refractivity contribution in [3.8, 4) is 17.2 Å². The molecule has 0 bridgehead atoms. The number of benzene rings is 2. The number of rotatable bonds is 6. The second kappa shape index (κ2) is 12.8. The lowest BCUT2D eigenvalue weighted by molar-refractivity contribution is -0.247. The summed E-state index contributed by atoms with van der Waals surface area (Å²) in [5.74, 6) is -3.04. The van der Waals surface area contributed by atoms with Gasteiger partial charge in [0.2, 0.25) is 5.78 Å². The van der Waals surface area contributed by atoms with Crippen LogP contribution in [0.5, 0.6) is 17.2 Å². The second-order valence-electron chi connectivity index (χ2n) is 12.6. The molecular weight excluding hydrogens is 622 g/mol. The first-order valence-corrected chi connectivity index (χ1v) is 15.1. The van der Waals surface area contributed by atoms with E-state index in [1.54, 1.807) is 6.92 Å². The molecule has 13 nitrogen and oxygen atoms in total. The van der Waals surface area contributed by atoms with E-state index in [4.69, 9.17) is 19.9 Å². The molecule has 0 amide bonds. The molecule has 6 rings (SSSR count). The van der Waals surface area contributed by atoms with Crippen LogP contribution in [0, 0.1) is 0 Å². The van der Waals surface area contributed by atoms with E-state index in [9.17, 15) is 34.8 Å². The Labute approximate surface area is 272 Å². The first-order chi connectivity index (χ1) is 21.3. The predicted molar refractivity (Wildman–Crippen MR) is 166 cm³/mol. The predicted octanol–water partition coefficient (Wildman–Crippen LogP) is 0.678. The van der Waals surface area contributed by atoms with Gasteiger partial charge in [-0.15, -0.1) is 12.4 Å². The van der Waals surface area contributed by atoms with Gasteiger partial charge < -0.3 is 45.3 Å². The SMILES string of the molecule is COc1cccc2c1C(=O)c1c(O)c3c(c(O)c1C2=O)C[C@@](O)(C(=O)CN1CCN(C)CC1)C[C@@H]3OC1CC(N)C(O)C(C)O1.Cl. The molecule has 0 radical (unpaired) electrons. The van der Waals surface area contributed by atoms with Gasteiger partial charge in [0.15, 0.2) is 17.9 Å². The molecule has 2 aromatic rings. The summed E-state index contributed by atoms with van der Waals surface area (Å²) < 4.78 is 17.4. The molecule has 0 spiro atoms. The number of Topliss-reactive ketones (excluding diaryl/α,β-unsaturated/α-hetero) is 1. The van der Waals surface area contributed by atoms with Crippen molar-refractivity contribution in [2.45, 2.75) is 62.4 Å². The summed E-state index contributed by atoms with van der Waals surface area (Å²) in [5.41, 5.74) is 3.07. The fourth-order valence-corrected chi connectivity index (χ4v) is 6.96. The number of nitrogens with zero attached hydrogens (tertiary/aromatic N) is 2. The molecule has 0 aromatic heterocycles. The van der Waals surface area contributed by atoms with Gasteiger partial charge in [0.25, 0.3) is 0 Å². The number of aromatic hydroxyl groups is 2. The van der Waals surface area contributed by atoms with E-state index in [0.717, 1.165) is 13.1 Å². The van der Waals surface area contributed by atoms with Crippen molar-refractivity contribution in [3.63, 3.8) is 0 Å². The summed E-state index contributed by atoms with van der Waals surface area (Å²) in [6.45, 7) is 4.34. The van der Waals surface area contributed by atoms with Gasteiger partial charge in [-0.3, -0.25) is 19.3 Å². The molecule has 14 heteroatoms. The summed E-state index contributed by atoms with van der Waals surface area (Å²) in [6.07, 6.45) is -4.61. The molecule has 6 N–H and O–H groups in total. The summed E-state index contributed by atoms with van der Waals surface area (Å²) >= 11 is 0. The normalized spacial score (nSPS) is 29.7. The van der Waals surface area contributed by atoms with E-state index in [-0.39, 0.29) is 59.8 Å². The van der Waals surface area contributed by atoms with E-state index in [2.05, 4.69) is 4.90 Å². The number of piperazine rings is 1. The molecule has 6 atom stereocenters. The number of ketones is 3. The number of ether oxygens (including phenoxy) is 3. The number of aliphatic hydroxyl groups is 2. The highest BCUT2D eigenvalue weighted by Gasteiger charge is 2.50. The molecule has 0 saturated carbocycles. The fraction of sp³-hybridized carbons (Fsp3) is 0.531. The lowest BCUT2D eigenvalue weighted by Gasteiger charge is -2.43. The van der Waals surface area contributed by atoms with Gasteiger partial charge in [-0.2, -0.15) is 0 Å². The van der Waals surface area contributed by atoms with E-state index >= 15 is 0 Å². The van der Waals surface area contributed by atoms with Crippen LogP contribution in [-0.4, -0.2) is 125 Å². The third-order valence-electron chi connectivity index (χ3n) is 9.62. The van der Waals surface area contributed by atoms with Gasteiger partial charge in [-0.1, -0.05) is 12.1 Å². The van der Waals surface area contributed by atoms with Gasteiger partial charge in [0, 0.05) is 68.2 Å². The van der Waals surface area contributed by atoms with Crippen LogP contribution in [0.4, 0.5) is 0 Å². The Morgan fingerprint density at radius 3 is 2.41 bits per heavy atom. The van der Waals surface area contributed by atoms with E-state index < -0.39 is 82.6 Å². The minimum Gasteiger partial charge on any atom is -0.507 e. The van der Waals surface area contributed by atoms with Crippen molar-refractivity contribution in [3.05, 3.63) is 51.6 Å². The van der Waals surface area contributed by atoms with Crippen molar-refractivity contribution in [1.82, 2.24) is 9.80 Å². The van der Waals surface area contributed by atoms with Crippen molar-refractivity contribution < 1.29 is 49.0 Å². The Morgan fingerprint density at radius 1 is 1.09 bits per heavy atom. The summed E-state index contributed by atoms with van der Waals surface area (Å²) in [7, 11) is 3.34. The molecule has 2 saturated heterocycles. The Bertz CT molecular complexity index is 1550. The number of carbonyl (C=O) groups excluding carboxylic acids is 3. The molecule has 250 valence electrons. The van der Waals surface area contributed by atoms with Crippen LogP contribution in [0.3, 0.4) is 0 Å². The summed E-state index contributed by atoms with van der Waals surface area (Å²) in [4.78, 5) is 45.5. The molecule has 2 heterocycles. The number of halogens is 1. The first-order valence-electron chi connectivity index (χ1n) is 15.1. The van der Waals surface area contributed by atoms with Crippen LogP contribution in [0.15, 0.2) is 18.2 Å². The van der Waals surface area contributed by atoms with Crippen LogP contribution in [-0.2, 0) is 20.7 Å². The number of phenols is 2. The maximum Gasteiger partial charge on any atom is 0.202 e. The molecule has 4 aliphatic rings. The van der Waals surface area contributed by atoms with Crippen LogP contribution < -0.4 is 10.5 Å². The van der Waals surface area contributed by atoms with Crippen molar-refractivity contribution in [1.29, 1.82) is 0 Å². The first kappa shape index (κ1) is 34.2. The van der Waals surface area contributed by atoms with Gasteiger partial charge in [-0.25, -0.2) is 0 Å². The number of methoxy groups -OCH3 is 1. The number of hydrogen-bond donors (Lipinski definition) is 5. The van der Waals surface area contributed by atoms with Crippen LogP contribution in [0.2, 0.25) is 0 Å². The topological polar surface area (TPSA) is 192 Å². The average Bonchev–Trinajstić information content (AvgIpc) is 3.00. The second-order valence-corrected chi connectivity index (χ2v) is 12.6. The lowest BCUT2D eigenvalue weighted by Crippen LogP contribution is -2.54. The Balaban J connectivity index is 0.00000417. The number of phenolic OH excluding ortho intramolecular Hbond substituents is 2. The van der Waals surface area contributed by atoms with E-state index in [1.165, 1.54) is 25.3 Å². The Kier molecular flexibility index (Phi) is 9.53. The van der Waals surface area contributed by atoms with E-state index in [0.29, 0.717) is 13.1 Å². The number of likely N-dealkylation sites (N-methyl/N-ethyl adjacent to an activating group) is 1. The Hall–Kier alpha value is -3.14. The van der Waals surface area contributed by atoms with Gasteiger partial charge in [-0.05, 0) is 20.0 Å². The summed E-state index contributed by atoms with van der Waals surface area (Å²) in [5, 5.41) is 45.6. The molecule has 2 aromatic carbocycles. The Morgan fingerprint density at radius 2 is 1.76 bits per heavy atom. The van der Waals surface area contributed by atoms with Crippen molar-refractivity contribution in [2.24, 2.45) is 5.73 Å². The highest BCUT2D eigenvalue weighted by Crippen LogP contribution is 2.52. The van der Waals surface area contributed by atoms with Crippen LogP contribution in [0.25, 0.3) is 0 Å². The minimum atomic E-state index is -2.05. The van der Waals surface area contributed by atoms with Gasteiger partial charge in [0.05, 0.1) is 48.7 Å². The van der Waals surface area contributed by atoms with Crippen LogP contribution in [0.1, 0.15) is 68.8 Å². The molecule has 2 fully saturated rings. The highest BCUT2D eigenvalue weighted by atomic mass is 35.5. The number of nitrogens with two attached hydrogens (primary N) is 1. The molecular formula is C32H40ClN3O10. The quantitative estimate of drug-likeness (QED) is 0.232. The highest BCUT2D eigenvalue weighted by molar-refractivity contribution is 6.31. The number of carbonyl (C=O) groups is 3. The zero-order chi connectivity index (χ0) is 32.4. The van der Waals surface area contributed by atoms with E-state index in [1.807, 2.05) is 11.9 Å². The van der Waals surface area contributed by atoms with Crippen LogP contribution >= 0.6 is 12.4 Å². The van der Waals surface area contributed by atoms with Crippen molar-refractivity contribution in [2.75, 3.05) is 46.9 Å². The maximum atomic E-state index is 13.9.